The number of carbonyl (C=O) groups is 1. The molecule has 0 saturated carbocycles. The highest BCUT2D eigenvalue weighted by molar-refractivity contribution is 5.89. The van der Waals surface area contributed by atoms with Gasteiger partial charge < -0.3 is 4.84 Å². The molecule has 0 fully saturated rings. The first-order chi connectivity index (χ1) is 10.8. The Labute approximate surface area is 128 Å². The summed E-state index contributed by atoms with van der Waals surface area (Å²) < 4.78 is 0. The second-order valence-corrected chi connectivity index (χ2v) is 4.80. The molecule has 0 amide bonds. The molecule has 0 aliphatic carbocycles. The fourth-order valence-corrected chi connectivity index (χ4v) is 2.05. The number of aryl methyl sites for hydroxylation is 1. The maximum atomic E-state index is 11.9. The Hall–Kier alpha value is -2.95. The van der Waals surface area contributed by atoms with E-state index in [1.807, 2.05) is 30.3 Å². The van der Waals surface area contributed by atoms with E-state index in [9.17, 15) is 4.79 Å². The Morgan fingerprint density at radius 2 is 1.82 bits per heavy atom. The van der Waals surface area contributed by atoms with E-state index in [4.69, 9.17) is 4.84 Å². The van der Waals surface area contributed by atoms with Gasteiger partial charge in [-0.1, -0.05) is 54.2 Å². The van der Waals surface area contributed by atoms with Crippen LogP contribution in [0.1, 0.15) is 22.8 Å². The van der Waals surface area contributed by atoms with Gasteiger partial charge >= 0.3 is 5.97 Å². The van der Waals surface area contributed by atoms with E-state index in [-0.39, 0.29) is 0 Å². The van der Waals surface area contributed by atoms with Crippen LogP contribution in [-0.2, 0) is 6.42 Å². The summed E-state index contributed by atoms with van der Waals surface area (Å²) in [6.07, 6.45) is 2.57. The van der Waals surface area contributed by atoms with Crippen LogP contribution in [0.4, 0.5) is 0 Å². The van der Waals surface area contributed by atoms with Crippen molar-refractivity contribution in [1.82, 2.24) is 15.2 Å². The SMILES string of the molecule is CCc1ccc(-c2cn(OC(=O)c3ccccc3)nn2)cc1. The van der Waals surface area contributed by atoms with Crippen LogP contribution in [-0.4, -0.2) is 21.1 Å². The van der Waals surface area contributed by atoms with Crippen molar-refractivity contribution in [2.45, 2.75) is 13.3 Å². The van der Waals surface area contributed by atoms with Gasteiger partial charge in [-0.25, -0.2) is 4.79 Å². The Kier molecular flexibility index (Phi) is 3.96. The first kappa shape index (κ1) is 14.0. The van der Waals surface area contributed by atoms with Gasteiger partial charge in [-0.3, -0.25) is 0 Å². The largest absolute Gasteiger partial charge is 0.365 e. The quantitative estimate of drug-likeness (QED) is 0.694. The minimum atomic E-state index is -0.474. The molecule has 5 nitrogen and oxygen atoms in total. The second-order valence-electron chi connectivity index (χ2n) is 4.80. The molecule has 5 heteroatoms. The first-order valence-corrected chi connectivity index (χ1v) is 7.05. The number of hydrogen-bond acceptors (Lipinski definition) is 4. The van der Waals surface area contributed by atoms with Crippen LogP contribution in [0.3, 0.4) is 0 Å². The minimum absolute atomic E-state index is 0.465. The molecule has 0 saturated heterocycles. The summed E-state index contributed by atoms with van der Waals surface area (Å²) in [5.74, 6) is -0.474. The zero-order chi connectivity index (χ0) is 15.4. The van der Waals surface area contributed by atoms with Crippen LogP contribution in [0.15, 0.2) is 60.8 Å². The fraction of sp³-hybridized carbons (Fsp3) is 0.118. The molecule has 1 heterocycles. The number of hydrogen-bond donors (Lipinski definition) is 0. The van der Waals surface area contributed by atoms with Crippen LogP contribution in [0.25, 0.3) is 11.3 Å². The standard InChI is InChI=1S/C17H15N3O2/c1-2-13-8-10-14(11-9-13)16-12-20(19-18-16)22-17(21)15-6-4-3-5-7-15/h3-12H,2H2,1H3. The zero-order valence-corrected chi connectivity index (χ0v) is 12.1. The Morgan fingerprint density at radius 1 is 1.09 bits per heavy atom. The van der Waals surface area contributed by atoms with E-state index < -0.39 is 5.97 Å². The summed E-state index contributed by atoms with van der Waals surface area (Å²) in [5.41, 5.74) is 3.31. The molecule has 0 aliphatic rings. The van der Waals surface area contributed by atoms with E-state index in [0.29, 0.717) is 11.3 Å². The third kappa shape index (κ3) is 3.03. The van der Waals surface area contributed by atoms with E-state index in [0.717, 1.165) is 16.8 Å². The van der Waals surface area contributed by atoms with Crippen molar-refractivity contribution in [2.24, 2.45) is 0 Å². The van der Waals surface area contributed by atoms with Crippen molar-refractivity contribution in [3.63, 3.8) is 0 Å². The summed E-state index contributed by atoms with van der Waals surface area (Å²) >= 11 is 0. The summed E-state index contributed by atoms with van der Waals surface area (Å²) in [5, 5.41) is 7.85. The molecule has 1 aromatic heterocycles. The van der Waals surface area contributed by atoms with Gasteiger partial charge in [-0.2, -0.15) is 0 Å². The molecule has 0 aliphatic heterocycles. The van der Waals surface area contributed by atoms with Gasteiger partial charge in [0, 0.05) is 5.56 Å². The predicted molar refractivity (Wildman–Crippen MR) is 82.2 cm³/mol. The highest BCUT2D eigenvalue weighted by Gasteiger charge is 2.10. The van der Waals surface area contributed by atoms with Gasteiger partial charge in [0.25, 0.3) is 0 Å². The maximum absolute atomic E-state index is 11.9. The monoisotopic (exact) mass is 293 g/mol. The van der Waals surface area contributed by atoms with Crippen molar-refractivity contribution >= 4 is 5.97 Å². The van der Waals surface area contributed by atoms with Gasteiger partial charge in [0.2, 0.25) is 0 Å². The second kappa shape index (κ2) is 6.22. The molecule has 0 atom stereocenters. The average molecular weight is 293 g/mol. The molecule has 0 N–H and O–H groups in total. The normalized spacial score (nSPS) is 10.4. The Bertz CT molecular complexity index is 764. The van der Waals surface area contributed by atoms with Crippen molar-refractivity contribution in [1.29, 1.82) is 0 Å². The molecule has 0 radical (unpaired) electrons. The maximum Gasteiger partial charge on any atom is 0.365 e. The van der Waals surface area contributed by atoms with Crippen molar-refractivity contribution in [2.75, 3.05) is 0 Å². The third-order valence-corrected chi connectivity index (χ3v) is 3.32. The van der Waals surface area contributed by atoms with Crippen LogP contribution in [0, 0.1) is 0 Å². The summed E-state index contributed by atoms with van der Waals surface area (Å²) in [7, 11) is 0. The van der Waals surface area contributed by atoms with Gasteiger partial charge in [0.15, 0.2) is 0 Å². The number of benzene rings is 2. The van der Waals surface area contributed by atoms with Crippen LogP contribution >= 0.6 is 0 Å². The molecule has 0 spiro atoms. The summed E-state index contributed by atoms with van der Waals surface area (Å²) in [6.45, 7) is 2.11. The lowest BCUT2D eigenvalue weighted by atomic mass is 10.1. The van der Waals surface area contributed by atoms with E-state index in [1.54, 1.807) is 30.5 Å². The minimum Gasteiger partial charge on any atom is -0.312 e. The predicted octanol–water partition coefficient (Wildman–Crippen LogP) is 2.78. The number of aromatic nitrogens is 3. The lowest BCUT2D eigenvalue weighted by Crippen LogP contribution is -2.20. The van der Waals surface area contributed by atoms with E-state index in [1.165, 1.54) is 5.56 Å². The number of rotatable bonds is 4. The van der Waals surface area contributed by atoms with Crippen LogP contribution in [0.5, 0.6) is 0 Å². The number of nitrogens with zero attached hydrogens (tertiary/aromatic N) is 3. The van der Waals surface area contributed by atoms with Gasteiger partial charge in [0.1, 0.15) is 5.69 Å². The molecule has 0 unspecified atom stereocenters. The lowest BCUT2D eigenvalue weighted by molar-refractivity contribution is 0.0384. The molecule has 22 heavy (non-hydrogen) atoms. The van der Waals surface area contributed by atoms with Crippen LogP contribution < -0.4 is 4.84 Å². The topological polar surface area (TPSA) is 57.0 Å². The summed E-state index contributed by atoms with van der Waals surface area (Å²) in [4.78, 5) is 18.2. The average Bonchev–Trinajstić information content (AvgIpc) is 3.04. The molecular formula is C17H15N3O2. The highest BCUT2D eigenvalue weighted by Crippen LogP contribution is 2.16. The molecular weight excluding hydrogens is 278 g/mol. The van der Waals surface area contributed by atoms with Crippen molar-refractivity contribution in [3.8, 4) is 11.3 Å². The smallest absolute Gasteiger partial charge is 0.312 e. The van der Waals surface area contributed by atoms with Crippen molar-refractivity contribution < 1.29 is 9.63 Å². The molecule has 0 bridgehead atoms. The molecule has 2 aromatic carbocycles. The Balaban J connectivity index is 1.74. The number of carbonyl (C=O) groups excluding carboxylic acids is 1. The Morgan fingerprint density at radius 3 is 2.50 bits per heavy atom. The van der Waals surface area contributed by atoms with Crippen molar-refractivity contribution in [3.05, 3.63) is 71.9 Å². The summed E-state index contributed by atoms with van der Waals surface area (Å²) in [6, 6.07) is 16.8. The molecule has 110 valence electrons. The lowest BCUT2D eigenvalue weighted by Gasteiger charge is -2.01. The molecule has 3 rings (SSSR count). The fourth-order valence-electron chi connectivity index (χ4n) is 2.05. The van der Waals surface area contributed by atoms with E-state index in [2.05, 4.69) is 17.2 Å². The third-order valence-electron chi connectivity index (χ3n) is 3.32. The van der Waals surface area contributed by atoms with Gasteiger partial charge in [0.05, 0.1) is 11.8 Å². The first-order valence-electron chi connectivity index (χ1n) is 7.05. The molecule has 3 aromatic rings. The van der Waals surface area contributed by atoms with Gasteiger partial charge in [-0.05, 0) is 29.3 Å². The highest BCUT2D eigenvalue weighted by atomic mass is 16.7. The van der Waals surface area contributed by atoms with Gasteiger partial charge in [-0.15, -0.1) is 5.10 Å². The zero-order valence-electron chi connectivity index (χ0n) is 12.1. The van der Waals surface area contributed by atoms with E-state index >= 15 is 0 Å². The van der Waals surface area contributed by atoms with Crippen LogP contribution in [0.2, 0.25) is 0 Å².